The van der Waals surface area contributed by atoms with Crippen molar-refractivity contribution in [2.45, 2.75) is 30.6 Å². The molecule has 7 heteroatoms. The molecule has 1 aromatic rings. The number of sulfonamides is 1. The van der Waals surface area contributed by atoms with Crippen LogP contribution >= 0.6 is 0 Å². The Balaban J connectivity index is 2.24. The molecule has 1 saturated heterocycles. The lowest BCUT2D eigenvalue weighted by atomic mass is 10.2. The standard InChI is InChI=1S/C17H26N2O4S/c1-18(11-8-14-23-2)17(20)15-9-4-5-10-16(15)24(21,22)19-12-6-3-7-13-19/h4-5,9-10H,3,6-8,11-14H2,1-2H3. The molecule has 1 amide bonds. The highest BCUT2D eigenvalue weighted by Crippen LogP contribution is 2.24. The van der Waals surface area contributed by atoms with Gasteiger partial charge >= 0.3 is 0 Å². The molecule has 1 heterocycles. The Hall–Kier alpha value is -1.44. The average molecular weight is 354 g/mol. The number of hydrogen-bond acceptors (Lipinski definition) is 4. The van der Waals surface area contributed by atoms with Crippen LogP contribution in [0.15, 0.2) is 29.2 Å². The van der Waals surface area contributed by atoms with Crippen molar-refractivity contribution in [3.63, 3.8) is 0 Å². The molecule has 0 atom stereocenters. The lowest BCUT2D eigenvalue weighted by Crippen LogP contribution is -2.37. The van der Waals surface area contributed by atoms with E-state index in [1.165, 1.54) is 10.4 Å². The van der Waals surface area contributed by atoms with Crippen molar-refractivity contribution in [1.29, 1.82) is 0 Å². The van der Waals surface area contributed by atoms with E-state index in [9.17, 15) is 13.2 Å². The van der Waals surface area contributed by atoms with Crippen LogP contribution in [0.4, 0.5) is 0 Å². The van der Waals surface area contributed by atoms with E-state index in [4.69, 9.17) is 4.74 Å². The minimum absolute atomic E-state index is 0.107. The fourth-order valence-electron chi connectivity index (χ4n) is 2.87. The summed E-state index contributed by atoms with van der Waals surface area (Å²) in [5.41, 5.74) is 0.239. The van der Waals surface area contributed by atoms with Crippen molar-refractivity contribution in [3.8, 4) is 0 Å². The maximum atomic E-state index is 12.9. The molecule has 1 fully saturated rings. The lowest BCUT2D eigenvalue weighted by molar-refractivity contribution is 0.0775. The highest BCUT2D eigenvalue weighted by Gasteiger charge is 2.30. The van der Waals surface area contributed by atoms with Crippen molar-refractivity contribution < 1.29 is 17.9 Å². The predicted octanol–water partition coefficient (Wildman–Crippen LogP) is 1.97. The average Bonchev–Trinajstić information content (AvgIpc) is 2.62. The minimum Gasteiger partial charge on any atom is -0.385 e. The van der Waals surface area contributed by atoms with Gasteiger partial charge in [0.1, 0.15) is 0 Å². The molecular weight excluding hydrogens is 328 g/mol. The first kappa shape index (κ1) is 18.9. The van der Waals surface area contributed by atoms with Crippen LogP contribution in [0.1, 0.15) is 36.0 Å². The van der Waals surface area contributed by atoms with E-state index in [0.29, 0.717) is 32.7 Å². The van der Waals surface area contributed by atoms with Crippen LogP contribution in [0.2, 0.25) is 0 Å². The number of rotatable bonds is 7. The Morgan fingerprint density at radius 3 is 2.54 bits per heavy atom. The van der Waals surface area contributed by atoms with E-state index < -0.39 is 10.0 Å². The van der Waals surface area contributed by atoms with E-state index in [-0.39, 0.29) is 16.4 Å². The molecule has 0 N–H and O–H groups in total. The van der Waals surface area contributed by atoms with Crippen LogP contribution in [-0.2, 0) is 14.8 Å². The maximum Gasteiger partial charge on any atom is 0.254 e. The summed E-state index contributed by atoms with van der Waals surface area (Å²) in [6.07, 6.45) is 3.49. The van der Waals surface area contributed by atoms with E-state index >= 15 is 0 Å². The number of amides is 1. The van der Waals surface area contributed by atoms with Gasteiger partial charge in [-0.15, -0.1) is 0 Å². The zero-order valence-corrected chi connectivity index (χ0v) is 15.2. The summed E-state index contributed by atoms with van der Waals surface area (Å²) in [6.45, 7) is 2.12. The highest BCUT2D eigenvalue weighted by molar-refractivity contribution is 7.89. The molecule has 0 saturated carbocycles. The molecule has 6 nitrogen and oxygen atoms in total. The Morgan fingerprint density at radius 2 is 1.88 bits per heavy atom. The Morgan fingerprint density at radius 1 is 1.21 bits per heavy atom. The summed E-state index contributed by atoms with van der Waals surface area (Å²) in [7, 11) is -0.339. The van der Waals surface area contributed by atoms with Crippen LogP contribution in [0, 0.1) is 0 Å². The predicted molar refractivity (Wildman–Crippen MR) is 92.5 cm³/mol. The van der Waals surface area contributed by atoms with Crippen molar-refractivity contribution in [1.82, 2.24) is 9.21 Å². The highest BCUT2D eigenvalue weighted by atomic mass is 32.2. The number of methoxy groups -OCH3 is 1. The zero-order chi connectivity index (χ0) is 17.6. The third-order valence-corrected chi connectivity index (χ3v) is 6.20. The fourth-order valence-corrected chi connectivity index (χ4v) is 4.57. The van der Waals surface area contributed by atoms with E-state index in [1.54, 1.807) is 37.3 Å². The smallest absolute Gasteiger partial charge is 0.254 e. The molecule has 0 aliphatic carbocycles. The topological polar surface area (TPSA) is 66.9 Å². The number of carbonyl (C=O) groups excluding carboxylic acids is 1. The molecular formula is C17H26N2O4S. The van der Waals surface area contributed by atoms with Crippen molar-refractivity contribution in [2.75, 3.05) is 40.4 Å². The molecule has 1 aliphatic heterocycles. The molecule has 0 aromatic heterocycles. The summed E-state index contributed by atoms with van der Waals surface area (Å²) in [5, 5.41) is 0. The number of benzene rings is 1. The van der Waals surface area contributed by atoms with Crippen LogP contribution < -0.4 is 0 Å². The number of ether oxygens (including phenoxy) is 1. The fraction of sp³-hybridized carbons (Fsp3) is 0.588. The van der Waals surface area contributed by atoms with Gasteiger partial charge in [0, 0.05) is 40.4 Å². The second-order valence-electron chi connectivity index (χ2n) is 6.03. The molecule has 1 aliphatic rings. The number of piperidine rings is 1. The van der Waals surface area contributed by atoms with Gasteiger partial charge < -0.3 is 9.64 Å². The van der Waals surface area contributed by atoms with E-state index in [2.05, 4.69) is 0 Å². The quantitative estimate of drug-likeness (QED) is 0.702. The van der Waals surface area contributed by atoms with Gasteiger partial charge in [0.2, 0.25) is 10.0 Å². The van der Waals surface area contributed by atoms with Gasteiger partial charge in [0.15, 0.2) is 0 Å². The monoisotopic (exact) mass is 354 g/mol. The molecule has 0 bridgehead atoms. The first-order valence-electron chi connectivity index (χ1n) is 8.32. The molecule has 0 unspecified atom stereocenters. The van der Waals surface area contributed by atoms with Crippen LogP contribution in [0.3, 0.4) is 0 Å². The molecule has 0 radical (unpaired) electrons. The van der Waals surface area contributed by atoms with Crippen LogP contribution in [0.5, 0.6) is 0 Å². The molecule has 2 rings (SSSR count). The summed E-state index contributed by atoms with van der Waals surface area (Å²) in [4.78, 5) is 14.3. The van der Waals surface area contributed by atoms with Gasteiger partial charge in [-0.05, 0) is 31.4 Å². The zero-order valence-electron chi connectivity index (χ0n) is 14.4. The summed E-state index contributed by atoms with van der Waals surface area (Å²) in [6, 6.07) is 6.48. The van der Waals surface area contributed by atoms with Gasteiger partial charge in [-0.2, -0.15) is 4.31 Å². The number of carbonyl (C=O) groups is 1. The third-order valence-electron chi connectivity index (χ3n) is 4.24. The van der Waals surface area contributed by atoms with E-state index in [0.717, 1.165) is 19.3 Å². The maximum absolute atomic E-state index is 12.9. The summed E-state index contributed by atoms with van der Waals surface area (Å²) >= 11 is 0. The van der Waals surface area contributed by atoms with Gasteiger partial charge in [0.05, 0.1) is 10.5 Å². The first-order valence-corrected chi connectivity index (χ1v) is 9.76. The van der Waals surface area contributed by atoms with E-state index in [1.807, 2.05) is 0 Å². The van der Waals surface area contributed by atoms with Crippen molar-refractivity contribution >= 4 is 15.9 Å². The second-order valence-corrected chi connectivity index (χ2v) is 7.94. The Labute approximate surface area is 144 Å². The van der Waals surface area contributed by atoms with Gasteiger partial charge in [-0.1, -0.05) is 18.6 Å². The van der Waals surface area contributed by atoms with Gasteiger partial charge in [-0.3, -0.25) is 4.79 Å². The molecule has 0 spiro atoms. The summed E-state index contributed by atoms with van der Waals surface area (Å²) < 4.78 is 32.3. The first-order chi connectivity index (χ1) is 11.5. The Kier molecular flexibility index (Phi) is 6.77. The minimum atomic E-state index is -3.64. The normalized spacial score (nSPS) is 16.1. The van der Waals surface area contributed by atoms with Crippen molar-refractivity contribution in [2.24, 2.45) is 0 Å². The van der Waals surface area contributed by atoms with Gasteiger partial charge in [0.25, 0.3) is 5.91 Å². The third kappa shape index (κ3) is 4.34. The molecule has 134 valence electrons. The van der Waals surface area contributed by atoms with Crippen molar-refractivity contribution in [3.05, 3.63) is 29.8 Å². The molecule has 24 heavy (non-hydrogen) atoms. The Bertz CT molecular complexity index is 654. The lowest BCUT2D eigenvalue weighted by Gasteiger charge is -2.27. The summed E-state index contributed by atoms with van der Waals surface area (Å²) in [5.74, 6) is -0.276. The van der Waals surface area contributed by atoms with Gasteiger partial charge in [-0.25, -0.2) is 8.42 Å². The van der Waals surface area contributed by atoms with Crippen LogP contribution in [0.25, 0.3) is 0 Å². The largest absolute Gasteiger partial charge is 0.385 e. The number of nitrogens with zero attached hydrogens (tertiary/aromatic N) is 2. The SMILES string of the molecule is COCCCN(C)C(=O)c1ccccc1S(=O)(=O)N1CCCCC1. The van der Waals surface area contributed by atoms with Crippen LogP contribution in [-0.4, -0.2) is 63.9 Å². The molecule has 1 aromatic carbocycles. The number of hydrogen-bond donors (Lipinski definition) is 0. The second kappa shape index (κ2) is 8.60.